The van der Waals surface area contributed by atoms with E-state index in [-0.39, 0.29) is 30.0 Å². The van der Waals surface area contributed by atoms with Crippen LogP contribution in [0.4, 0.5) is 5.69 Å². The van der Waals surface area contributed by atoms with Crippen LogP contribution in [0.1, 0.15) is 22.3 Å². The molecule has 1 amide bonds. The van der Waals surface area contributed by atoms with Crippen molar-refractivity contribution in [3.8, 4) is 0 Å². The number of halogens is 1. The van der Waals surface area contributed by atoms with E-state index in [4.69, 9.17) is 5.73 Å². The van der Waals surface area contributed by atoms with Crippen LogP contribution < -0.4 is 5.73 Å². The number of carbonyl (C=O) groups excluding carboxylic acids is 1. The van der Waals surface area contributed by atoms with Gasteiger partial charge in [-0.05, 0) is 19.4 Å². The van der Waals surface area contributed by atoms with Gasteiger partial charge in [-0.2, -0.15) is 0 Å². The highest BCUT2D eigenvalue weighted by molar-refractivity contribution is 5.96. The van der Waals surface area contributed by atoms with Crippen LogP contribution >= 0.6 is 12.4 Å². The summed E-state index contributed by atoms with van der Waals surface area (Å²) < 4.78 is 0. The minimum absolute atomic E-state index is 0. The lowest BCUT2D eigenvalue weighted by atomic mass is 10.1. The van der Waals surface area contributed by atoms with Crippen molar-refractivity contribution in [1.82, 2.24) is 4.90 Å². The molecule has 6 nitrogen and oxygen atoms in total. The number of likely N-dealkylation sites (tertiary alicyclic amines) is 1. The maximum atomic E-state index is 12.2. The lowest BCUT2D eigenvalue weighted by Crippen LogP contribution is -2.32. The van der Waals surface area contributed by atoms with Crippen LogP contribution in [0.3, 0.4) is 0 Å². The van der Waals surface area contributed by atoms with Crippen LogP contribution in [0.25, 0.3) is 0 Å². The minimum atomic E-state index is -0.470. The summed E-state index contributed by atoms with van der Waals surface area (Å²) >= 11 is 0. The van der Waals surface area contributed by atoms with Crippen LogP contribution in [-0.4, -0.2) is 34.9 Å². The topological polar surface area (TPSA) is 89.5 Å². The zero-order chi connectivity index (χ0) is 13.3. The first-order valence-electron chi connectivity index (χ1n) is 5.79. The molecule has 0 bridgehead atoms. The Hall–Kier alpha value is -1.66. The second-order valence-corrected chi connectivity index (χ2v) is 4.51. The fourth-order valence-corrected chi connectivity index (χ4v) is 2.20. The van der Waals surface area contributed by atoms with E-state index in [2.05, 4.69) is 0 Å². The number of nitro groups is 1. The third-order valence-electron chi connectivity index (χ3n) is 3.24. The molecule has 2 rings (SSSR count). The van der Waals surface area contributed by atoms with Gasteiger partial charge in [0.2, 0.25) is 0 Å². The number of carbonyl (C=O) groups is 1. The maximum Gasteiger partial charge on any atom is 0.273 e. The number of benzene rings is 1. The molecule has 1 aliphatic rings. The molecule has 7 heteroatoms. The van der Waals surface area contributed by atoms with Gasteiger partial charge >= 0.3 is 0 Å². The van der Waals surface area contributed by atoms with E-state index in [9.17, 15) is 14.9 Å². The summed E-state index contributed by atoms with van der Waals surface area (Å²) in [6.45, 7) is 2.73. The Morgan fingerprint density at radius 3 is 2.74 bits per heavy atom. The first-order chi connectivity index (χ1) is 8.50. The molecule has 0 aromatic heterocycles. The van der Waals surface area contributed by atoms with Crippen molar-refractivity contribution in [2.24, 2.45) is 5.73 Å². The lowest BCUT2D eigenvalue weighted by Gasteiger charge is -2.16. The van der Waals surface area contributed by atoms with Crippen molar-refractivity contribution < 1.29 is 9.72 Å². The van der Waals surface area contributed by atoms with Gasteiger partial charge in [-0.25, -0.2) is 0 Å². The van der Waals surface area contributed by atoms with E-state index < -0.39 is 4.92 Å². The molecule has 1 atom stereocenters. The van der Waals surface area contributed by atoms with Crippen molar-refractivity contribution >= 4 is 24.0 Å². The van der Waals surface area contributed by atoms with Crippen LogP contribution in [0, 0.1) is 17.0 Å². The zero-order valence-electron chi connectivity index (χ0n) is 10.5. The molecule has 0 saturated carbocycles. The molecule has 0 aliphatic carbocycles. The Labute approximate surface area is 117 Å². The smallest absolute Gasteiger partial charge is 0.273 e. The number of hydrogen-bond acceptors (Lipinski definition) is 4. The highest BCUT2D eigenvalue weighted by atomic mass is 35.5. The second kappa shape index (κ2) is 5.99. The Balaban J connectivity index is 0.00000180. The standard InChI is InChI=1S/C12H15N3O3.ClH/c1-8-10(3-2-4-11(8)15(17)18)12(16)14-6-5-9(13)7-14;/h2-4,9H,5-7,13H2,1H3;1H/t9-;/m0./s1. The number of rotatable bonds is 2. The third kappa shape index (κ3) is 3.02. The van der Waals surface area contributed by atoms with Crippen molar-refractivity contribution in [3.63, 3.8) is 0 Å². The largest absolute Gasteiger partial charge is 0.337 e. The Morgan fingerprint density at radius 2 is 2.21 bits per heavy atom. The second-order valence-electron chi connectivity index (χ2n) is 4.51. The maximum absolute atomic E-state index is 12.2. The normalized spacial score (nSPS) is 18.0. The van der Waals surface area contributed by atoms with Gasteiger partial charge in [0.05, 0.1) is 4.92 Å². The number of amides is 1. The van der Waals surface area contributed by atoms with E-state index in [1.54, 1.807) is 17.9 Å². The molecule has 19 heavy (non-hydrogen) atoms. The predicted molar refractivity (Wildman–Crippen MR) is 73.6 cm³/mol. The average molecular weight is 286 g/mol. The summed E-state index contributed by atoms with van der Waals surface area (Å²) in [7, 11) is 0. The Morgan fingerprint density at radius 1 is 1.53 bits per heavy atom. The SMILES string of the molecule is Cc1c(C(=O)N2CC[C@H](N)C2)cccc1[N+](=O)[O-].Cl. The quantitative estimate of drug-likeness (QED) is 0.658. The molecule has 1 aromatic rings. The van der Waals surface area contributed by atoms with Crippen LogP contribution in [0.2, 0.25) is 0 Å². The molecule has 1 saturated heterocycles. The predicted octanol–water partition coefficient (Wildman–Crippen LogP) is 1.50. The fraction of sp³-hybridized carbons (Fsp3) is 0.417. The first-order valence-corrected chi connectivity index (χ1v) is 5.79. The molecular formula is C12H16ClN3O3. The average Bonchev–Trinajstić information content (AvgIpc) is 2.75. The molecule has 1 aromatic carbocycles. The fourth-order valence-electron chi connectivity index (χ4n) is 2.20. The number of nitrogens with zero attached hydrogens (tertiary/aromatic N) is 2. The van der Waals surface area contributed by atoms with Crippen LogP contribution in [-0.2, 0) is 0 Å². The van der Waals surface area contributed by atoms with E-state index in [0.717, 1.165) is 6.42 Å². The van der Waals surface area contributed by atoms with Gasteiger partial charge in [0, 0.05) is 36.3 Å². The molecule has 0 radical (unpaired) electrons. The van der Waals surface area contributed by atoms with Crippen LogP contribution in [0.5, 0.6) is 0 Å². The summed E-state index contributed by atoms with van der Waals surface area (Å²) in [6, 6.07) is 4.57. The zero-order valence-corrected chi connectivity index (χ0v) is 11.4. The first kappa shape index (κ1) is 15.4. The molecule has 2 N–H and O–H groups in total. The minimum Gasteiger partial charge on any atom is -0.337 e. The van der Waals surface area contributed by atoms with Crippen molar-refractivity contribution in [2.75, 3.05) is 13.1 Å². The number of nitrogens with two attached hydrogens (primary N) is 1. The van der Waals surface area contributed by atoms with Crippen molar-refractivity contribution in [3.05, 3.63) is 39.4 Å². The van der Waals surface area contributed by atoms with Gasteiger partial charge < -0.3 is 10.6 Å². The summed E-state index contributed by atoms with van der Waals surface area (Å²) in [6.07, 6.45) is 0.777. The van der Waals surface area contributed by atoms with E-state index in [1.165, 1.54) is 12.1 Å². The molecule has 1 aliphatic heterocycles. The van der Waals surface area contributed by atoms with Gasteiger partial charge in [-0.1, -0.05) is 6.07 Å². The number of nitro benzene ring substituents is 1. The highest BCUT2D eigenvalue weighted by Gasteiger charge is 2.27. The number of hydrogen-bond donors (Lipinski definition) is 1. The highest BCUT2D eigenvalue weighted by Crippen LogP contribution is 2.23. The molecule has 1 heterocycles. The Kier molecular flexibility index (Phi) is 4.85. The Bertz CT molecular complexity index is 507. The van der Waals surface area contributed by atoms with E-state index in [1.807, 2.05) is 0 Å². The lowest BCUT2D eigenvalue weighted by molar-refractivity contribution is -0.385. The van der Waals surface area contributed by atoms with Gasteiger partial charge in [-0.3, -0.25) is 14.9 Å². The molecular weight excluding hydrogens is 270 g/mol. The van der Waals surface area contributed by atoms with Crippen LogP contribution in [0.15, 0.2) is 18.2 Å². The molecule has 1 fully saturated rings. The van der Waals surface area contributed by atoms with E-state index >= 15 is 0 Å². The summed E-state index contributed by atoms with van der Waals surface area (Å²) in [5, 5.41) is 10.8. The van der Waals surface area contributed by atoms with Gasteiger partial charge in [0.25, 0.3) is 11.6 Å². The monoisotopic (exact) mass is 285 g/mol. The van der Waals surface area contributed by atoms with Crippen molar-refractivity contribution in [1.29, 1.82) is 0 Å². The molecule has 104 valence electrons. The van der Waals surface area contributed by atoms with E-state index in [0.29, 0.717) is 24.2 Å². The summed E-state index contributed by atoms with van der Waals surface area (Å²) in [5.41, 5.74) is 6.53. The van der Waals surface area contributed by atoms with Crippen molar-refractivity contribution in [2.45, 2.75) is 19.4 Å². The third-order valence-corrected chi connectivity index (χ3v) is 3.24. The molecule has 0 spiro atoms. The van der Waals surface area contributed by atoms with Gasteiger partial charge in [0.1, 0.15) is 0 Å². The van der Waals surface area contributed by atoms with Gasteiger partial charge in [-0.15, -0.1) is 12.4 Å². The molecule has 0 unspecified atom stereocenters. The summed E-state index contributed by atoms with van der Waals surface area (Å²) in [4.78, 5) is 24.2. The summed E-state index contributed by atoms with van der Waals surface area (Å²) in [5.74, 6) is -0.177. The van der Waals surface area contributed by atoms with Gasteiger partial charge in [0.15, 0.2) is 0 Å².